The third-order valence-corrected chi connectivity index (χ3v) is 4.44. The van der Waals surface area contributed by atoms with Gasteiger partial charge in [-0.3, -0.25) is 0 Å². The third kappa shape index (κ3) is 3.89. The molecule has 3 nitrogen and oxygen atoms in total. The third-order valence-electron chi connectivity index (χ3n) is 3.25. The second kappa shape index (κ2) is 7.28. The maximum atomic E-state index is 9.45. The first kappa shape index (κ1) is 15.5. The second-order valence-corrected chi connectivity index (χ2v) is 6.36. The summed E-state index contributed by atoms with van der Waals surface area (Å²) in [5, 5.41) is 19.3. The molecule has 0 bridgehead atoms. The van der Waals surface area contributed by atoms with Crippen molar-refractivity contribution in [3.63, 3.8) is 0 Å². The van der Waals surface area contributed by atoms with E-state index in [0.29, 0.717) is 10.7 Å². The van der Waals surface area contributed by atoms with E-state index in [2.05, 4.69) is 16.3 Å². The number of hydrogen-bond acceptors (Lipinski definition) is 4. The van der Waals surface area contributed by atoms with E-state index < -0.39 is 5.92 Å². The molecule has 0 aliphatic carbocycles. The van der Waals surface area contributed by atoms with E-state index in [-0.39, 0.29) is 0 Å². The van der Waals surface area contributed by atoms with E-state index in [1.54, 1.807) is 12.1 Å². The monoisotopic (exact) mass is 337 g/mol. The predicted molar refractivity (Wildman–Crippen MR) is 91.5 cm³/mol. The predicted octanol–water partition coefficient (Wildman–Crippen LogP) is 4.94. The summed E-state index contributed by atoms with van der Waals surface area (Å²) in [5.74, 6) is -0.449. The van der Waals surface area contributed by atoms with Crippen LogP contribution in [0, 0.1) is 11.3 Å². The maximum Gasteiger partial charge on any atom is 0.124 e. The minimum atomic E-state index is -0.449. The molecular weight excluding hydrogens is 326 g/mol. The molecule has 5 heteroatoms. The van der Waals surface area contributed by atoms with Gasteiger partial charge in [-0.05, 0) is 42.0 Å². The molecule has 1 unspecified atom stereocenters. The van der Waals surface area contributed by atoms with Crippen molar-refractivity contribution < 1.29 is 0 Å². The molecule has 23 heavy (non-hydrogen) atoms. The standard InChI is InChI=1S/C18H12ClN3S/c19-14-8-6-13(7-9-14)16(12-20)17-10-11-18(22-21-17)23-15-4-2-1-3-5-15/h1-11,16H. The lowest BCUT2D eigenvalue weighted by Gasteiger charge is -2.09. The van der Waals surface area contributed by atoms with Crippen molar-refractivity contribution in [2.75, 3.05) is 0 Å². The van der Waals surface area contributed by atoms with Crippen LogP contribution in [0.1, 0.15) is 17.2 Å². The lowest BCUT2D eigenvalue weighted by atomic mass is 9.97. The molecule has 1 aromatic heterocycles. The maximum absolute atomic E-state index is 9.45. The summed E-state index contributed by atoms with van der Waals surface area (Å²) < 4.78 is 0. The first-order valence-corrected chi connectivity index (χ1v) is 8.17. The Morgan fingerprint density at radius 2 is 1.65 bits per heavy atom. The van der Waals surface area contributed by atoms with Crippen molar-refractivity contribution in [2.45, 2.75) is 15.8 Å². The zero-order valence-corrected chi connectivity index (χ0v) is 13.6. The van der Waals surface area contributed by atoms with Gasteiger partial charge in [0, 0.05) is 9.92 Å². The van der Waals surface area contributed by atoms with E-state index in [4.69, 9.17) is 11.6 Å². The highest BCUT2D eigenvalue weighted by atomic mass is 35.5. The molecule has 112 valence electrons. The molecule has 0 fully saturated rings. The Bertz CT molecular complexity index is 812. The van der Waals surface area contributed by atoms with Crippen LogP contribution in [-0.2, 0) is 0 Å². The van der Waals surface area contributed by atoms with Gasteiger partial charge in [-0.1, -0.05) is 53.7 Å². The van der Waals surface area contributed by atoms with Gasteiger partial charge < -0.3 is 0 Å². The van der Waals surface area contributed by atoms with E-state index in [1.807, 2.05) is 54.6 Å². The summed E-state index contributed by atoms with van der Waals surface area (Å²) in [7, 11) is 0. The average molecular weight is 338 g/mol. The quantitative estimate of drug-likeness (QED) is 0.676. The summed E-state index contributed by atoms with van der Waals surface area (Å²) in [6.07, 6.45) is 0. The molecule has 0 saturated carbocycles. The Morgan fingerprint density at radius 3 is 2.26 bits per heavy atom. The zero-order valence-electron chi connectivity index (χ0n) is 12.1. The van der Waals surface area contributed by atoms with Gasteiger partial charge >= 0.3 is 0 Å². The Morgan fingerprint density at radius 1 is 0.913 bits per heavy atom. The lowest BCUT2D eigenvalue weighted by Crippen LogP contribution is -2.02. The van der Waals surface area contributed by atoms with Gasteiger partial charge in [0.15, 0.2) is 0 Å². The molecule has 1 atom stereocenters. The van der Waals surface area contributed by atoms with Gasteiger partial charge in [0.2, 0.25) is 0 Å². The second-order valence-electron chi connectivity index (χ2n) is 4.83. The van der Waals surface area contributed by atoms with Crippen LogP contribution < -0.4 is 0 Å². The first-order chi connectivity index (χ1) is 11.3. The van der Waals surface area contributed by atoms with Gasteiger partial charge in [-0.15, -0.1) is 5.10 Å². The van der Waals surface area contributed by atoms with Crippen LogP contribution in [0.15, 0.2) is 76.7 Å². The fourth-order valence-electron chi connectivity index (χ4n) is 2.11. The van der Waals surface area contributed by atoms with Crippen LogP contribution in [0.4, 0.5) is 0 Å². The molecule has 0 N–H and O–H groups in total. The van der Waals surface area contributed by atoms with Crippen LogP contribution in [0.3, 0.4) is 0 Å². The Balaban J connectivity index is 1.80. The SMILES string of the molecule is N#CC(c1ccc(Cl)cc1)c1ccc(Sc2ccccc2)nn1. The zero-order chi connectivity index (χ0) is 16.1. The summed E-state index contributed by atoms with van der Waals surface area (Å²) in [6.45, 7) is 0. The van der Waals surface area contributed by atoms with Gasteiger partial charge in [-0.2, -0.15) is 10.4 Å². The van der Waals surface area contributed by atoms with Crippen molar-refractivity contribution in [3.8, 4) is 6.07 Å². The average Bonchev–Trinajstić information content (AvgIpc) is 2.60. The summed E-state index contributed by atoms with van der Waals surface area (Å²) >= 11 is 7.43. The minimum absolute atomic E-state index is 0.449. The molecule has 0 radical (unpaired) electrons. The number of nitrogens with zero attached hydrogens (tertiary/aromatic N) is 3. The molecule has 2 aromatic carbocycles. The first-order valence-electron chi connectivity index (χ1n) is 6.98. The Kier molecular flexibility index (Phi) is 4.92. The van der Waals surface area contributed by atoms with E-state index in [1.165, 1.54) is 11.8 Å². The number of halogens is 1. The Hall–Kier alpha value is -2.35. The van der Waals surface area contributed by atoms with Gasteiger partial charge in [0.1, 0.15) is 10.9 Å². The topological polar surface area (TPSA) is 49.6 Å². The van der Waals surface area contributed by atoms with Crippen molar-refractivity contribution in [1.82, 2.24) is 10.2 Å². The Labute approximate surface area is 144 Å². The molecule has 3 rings (SSSR count). The van der Waals surface area contributed by atoms with Gasteiger partial charge in [0.25, 0.3) is 0 Å². The molecular formula is C18H12ClN3S. The molecule has 0 aliphatic rings. The van der Waals surface area contributed by atoms with Crippen molar-refractivity contribution in [3.05, 3.63) is 83.0 Å². The van der Waals surface area contributed by atoms with Crippen LogP contribution in [0.5, 0.6) is 0 Å². The smallest absolute Gasteiger partial charge is 0.124 e. The lowest BCUT2D eigenvalue weighted by molar-refractivity contribution is 0.837. The summed E-state index contributed by atoms with van der Waals surface area (Å²) in [4.78, 5) is 1.10. The highest BCUT2D eigenvalue weighted by Gasteiger charge is 2.15. The van der Waals surface area contributed by atoms with Crippen molar-refractivity contribution >= 4 is 23.4 Å². The number of benzene rings is 2. The fraction of sp³-hybridized carbons (Fsp3) is 0.0556. The molecule has 1 heterocycles. The highest BCUT2D eigenvalue weighted by Crippen LogP contribution is 2.27. The molecule has 0 amide bonds. The van der Waals surface area contributed by atoms with Crippen molar-refractivity contribution in [2.24, 2.45) is 0 Å². The van der Waals surface area contributed by atoms with Crippen LogP contribution in [0.25, 0.3) is 0 Å². The van der Waals surface area contributed by atoms with Crippen LogP contribution >= 0.6 is 23.4 Å². The summed E-state index contributed by atoms with van der Waals surface area (Å²) in [6, 6.07) is 23.2. The van der Waals surface area contributed by atoms with E-state index >= 15 is 0 Å². The highest BCUT2D eigenvalue weighted by molar-refractivity contribution is 7.99. The van der Waals surface area contributed by atoms with Crippen LogP contribution in [-0.4, -0.2) is 10.2 Å². The molecule has 0 aliphatic heterocycles. The van der Waals surface area contributed by atoms with Crippen molar-refractivity contribution in [1.29, 1.82) is 5.26 Å². The summed E-state index contributed by atoms with van der Waals surface area (Å²) in [5.41, 5.74) is 1.49. The van der Waals surface area contributed by atoms with Crippen LogP contribution in [0.2, 0.25) is 5.02 Å². The number of aromatic nitrogens is 2. The molecule has 0 spiro atoms. The normalized spacial score (nSPS) is 11.7. The number of rotatable bonds is 4. The minimum Gasteiger partial charge on any atom is -0.197 e. The fourth-order valence-corrected chi connectivity index (χ4v) is 2.99. The molecule has 0 saturated heterocycles. The largest absolute Gasteiger partial charge is 0.197 e. The van der Waals surface area contributed by atoms with E-state index in [0.717, 1.165) is 15.5 Å². The molecule has 3 aromatic rings. The number of hydrogen-bond donors (Lipinski definition) is 0. The van der Waals surface area contributed by atoms with E-state index in [9.17, 15) is 5.26 Å². The van der Waals surface area contributed by atoms with Gasteiger partial charge in [-0.25, -0.2) is 0 Å². The van der Waals surface area contributed by atoms with Gasteiger partial charge in [0.05, 0.1) is 11.8 Å². The number of nitriles is 1.